The van der Waals surface area contributed by atoms with Crippen LogP contribution < -0.4 is 20.7 Å². The third-order valence-electron chi connectivity index (χ3n) is 3.20. The number of aromatic nitrogens is 2. The molecule has 1 amide bonds. The molecular formula is C15H17N5O3. The normalized spacial score (nSPS) is 10.0. The summed E-state index contributed by atoms with van der Waals surface area (Å²) in [5.74, 6) is 0.490. The number of rotatable bonds is 7. The zero-order chi connectivity index (χ0) is 16.8. The number of carbonyl (C=O) groups excluding carboxylic acids is 2. The minimum absolute atomic E-state index is 0.0691. The fourth-order valence-electron chi connectivity index (χ4n) is 2.04. The zero-order valence-corrected chi connectivity index (χ0v) is 12.8. The number of anilines is 3. The van der Waals surface area contributed by atoms with Crippen LogP contribution in [-0.2, 0) is 11.3 Å². The van der Waals surface area contributed by atoms with Crippen molar-refractivity contribution in [3.8, 4) is 6.01 Å². The lowest BCUT2D eigenvalue weighted by Crippen LogP contribution is -2.23. The molecule has 2 rings (SSSR count). The lowest BCUT2D eigenvalue weighted by molar-refractivity contribution is -0.107. The van der Waals surface area contributed by atoms with Gasteiger partial charge in [0.1, 0.15) is 12.0 Å². The van der Waals surface area contributed by atoms with Crippen LogP contribution in [-0.4, -0.2) is 36.8 Å². The van der Waals surface area contributed by atoms with Crippen molar-refractivity contribution in [3.63, 3.8) is 0 Å². The van der Waals surface area contributed by atoms with Crippen molar-refractivity contribution in [2.24, 2.45) is 0 Å². The highest BCUT2D eigenvalue weighted by atomic mass is 16.5. The molecule has 2 aromatic rings. The summed E-state index contributed by atoms with van der Waals surface area (Å²) in [5.41, 5.74) is 7.69. The highest BCUT2D eigenvalue weighted by molar-refractivity contribution is 5.85. The average Bonchev–Trinajstić information content (AvgIpc) is 2.59. The second-order valence-corrected chi connectivity index (χ2v) is 4.64. The van der Waals surface area contributed by atoms with Crippen molar-refractivity contribution >= 4 is 30.0 Å². The topological polar surface area (TPSA) is 110 Å². The zero-order valence-electron chi connectivity index (χ0n) is 12.8. The van der Waals surface area contributed by atoms with E-state index in [1.54, 1.807) is 31.3 Å². The molecule has 120 valence electrons. The van der Waals surface area contributed by atoms with E-state index in [1.165, 1.54) is 12.0 Å². The molecule has 1 aromatic carbocycles. The minimum Gasteiger partial charge on any atom is -0.467 e. The average molecular weight is 315 g/mol. The van der Waals surface area contributed by atoms with E-state index in [2.05, 4.69) is 15.3 Å². The SMILES string of the molecule is CNc1c(N)nc(OC)nc1N(C=O)Cc1ccc(C=O)cc1. The van der Waals surface area contributed by atoms with Gasteiger partial charge in [0.2, 0.25) is 6.41 Å². The molecule has 0 aliphatic rings. The quantitative estimate of drug-likeness (QED) is 0.736. The van der Waals surface area contributed by atoms with Gasteiger partial charge in [-0.05, 0) is 5.56 Å². The van der Waals surface area contributed by atoms with E-state index in [9.17, 15) is 9.59 Å². The number of hydrogen-bond acceptors (Lipinski definition) is 7. The van der Waals surface area contributed by atoms with E-state index in [0.717, 1.165) is 11.8 Å². The summed E-state index contributed by atoms with van der Waals surface area (Å²) in [6.07, 6.45) is 1.41. The van der Waals surface area contributed by atoms with Crippen LogP contribution in [0.5, 0.6) is 6.01 Å². The number of nitrogens with one attached hydrogen (secondary N) is 1. The molecule has 0 saturated carbocycles. The van der Waals surface area contributed by atoms with Crippen molar-refractivity contribution in [2.75, 3.05) is 30.1 Å². The smallest absolute Gasteiger partial charge is 0.320 e. The molecule has 0 spiro atoms. The highest BCUT2D eigenvalue weighted by Gasteiger charge is 2.18. The van der Waals surface area contributed by atoms with Gasteiger partial charge in [-0.1, -0.05) is 24.3 Å². The van der Waals surface area contributed by atoms with Crippen LogP contribution >= 0.6 is 0 Å². The van der Waals surface area contributed by atoms with Crippen molar-refractivity contribution in [1.82, 2.24) is 9.97 Å². The molecule has 3 N–H and O–H groups in total. The summed E-state index contributed by atoms with van der Waals surface area (Å²) >= 11 is 0. The largest absolute Gasteiger partial charge is 0.467 e. The first-order valence-electron chi connectivity index (χ1n) is 6.78. The molecule has 1 heterocycles. The number of carbonyl (C=O) groups is 2. The summed E-state index contributed by atoms with van der Waals surface area (Å²) in [7, 11) is 3.08. The summed E-state index contributed by atoms with van der Waals surface area (Å²) in [6, 6.07) is 6.96. The molecule has 0 bridgehead atoms. The second-order valence-electron chi connectivity index (χ2n) is 4.64. The molecule has 0 unspecified atom stereocenters. The molecular weight excluding hydrogens is 298 g/mol. The van der Waals surface area contributed by atoms with Gasteiger partial charge in [-0.3, -0.25) is 14.5 Å². The first-order chi connectivity index (χ1) is 11.1. The Morgan fingerprint density at radius 3 is 2.48 bits per heavy atom. The Morgan fingerprint density at radius 2 is 1.96 bits per heavy atom. The predicted octanol–water partition coefficient (Wildman–Crippen LogP) is 1.08. The van der Waals surface area contributed by atoms with E-state index in [4.69, 9.17) is 10.5 Å². The molecule has 0 aliphatic heterocycles. The number of benzene rings is 1. The number of aldehydes is 1. The molecule has 8 heteroatoms. The van der Waals surface area contributed by atoms with Gasteiger partial charge in [0.15, 0.2) is 11.6 Å². The van der Waals surface area contributed by atoms with Crippen molar-refractivity contribution in [1.29, 1.82) is 0 Å². The summed E-state index contributed by atoms with van der Waals surface area (Å²) in [4.78, 5) is 31.7. The molecule has 0 saturated heterocycles. The van der Waals surface area contributed by atoms with Gasteiger partial charge < -0.3 is 15.8 Å². The van der Waals surface area contributed by atoms with E-state index in [-0.39, 0.29) is 18.4 Å². The number of nitrogen functional groups attached to an aromatic ring is 1. The predicted molar refractivity (Wildman–Crippen MR) is 86.6 cm³/mol. The van der Waals surface area contributed by atoms with Gasteiger partial charge in [0.25, 0.3) is 0 Å². The van der Waals surface area contributed by atoms with E-state index in [1.807, 2.05) is 0 Å². The maximum atomic E-state index is 11.5. The van der Waals surface area contributed by atoms with Crippen LogP contribution in [0.4, 0.5) is 17.3 Å². The molecule has 0 aliphatic carbocycles. The Hall–Kier alpha value is -3.16. The number of amides is 1. The third-order valence-corrected chi connectivity index (χ3v) is 3.20. The summed E-state index contributed by atoms with van der Waals surface area (Å²) in [5, 5.41) is 2.88. The number of methoxy groups -OCH3 is 1. The Labute approximate surface area is 133 Å². The van der Waals surface area contributed by atoms with Crippen LogP contribution in [0.15, 0.2) is 24.3 Å². The van der Waals surface area contributed by atoms with Gasteiger partial charge in [0.05, 0.1) is 13.7 Å². The van der Waals surface area contributed by atoms with Crippen molar-refractivity contribution in [2.45, 2.75) is 6.54 Å². The highest BCUT2D eigenvalue weighted by Crippen LogP contribution is 2.30. The monoisotopic (exact) mass is 315 g/mol. The van der Waals surface area contributed by atoms with Crippen molar-refractivity contribution < 1.29 is 14.3 Å². The Kier molecular flexibility index (Phi) is 5.08. The van der Waals surface area contributed by atoms with Crippen LogP contribution in [0, 0.1) is 0 Å². The Bertz CT molecular complexity index is 703. The van der Waals surface area contributed by atoms with E-state index in [0.29, 0.717) is 23.5 Å². The third kappa shape index (κ3) is 3.54. The molecule has 0 atom stereocenters. The number of nitrogens with two attached hydrogens (primary N) is 1. The number of hydrogen-bond donors (Lipinski definition) is 2. The lowest BCUT2D eigenvalue weighted by Gasteiger charge is -2.20. The van der Waals surface area contributed by atoms with Gasteiger partial charge in [0, 0.05) is 12.6 Å². The van der Waals surface area contributed by atoms with Gasteiger partial charge in [-0.2, -0.15) is 9.97 Å². The first kappa shape index (κ1) is 16.2. The van der Waals surface area contributed by atoms with Crippen LogP contribution in [0.3, 0.4) is 0 Å². The number of ether oxygens (including phenoxy) is 1. The molecule has 1 aromatic heterocycles. The first-order valence-corrected chi connectivity index (χ1v) is 6.78. The fraction of sp³-hybridized carbons (Fsp3) is 0.200. The molecule has 0 radical (unpaired) electrons. The van der Waals surface area contributed by atoms with Gasteiger partial charge in [-0.15, -0.1) is 0 Å². The fourth-order valence-corrected chi connectivity index (χ4v) is 2.04. The standard InChI is InChI=1S/C15H17N5O3/c1-17-12-13(16)18-15(23-2)19-14(12)20(9-22)7-10-3-5-11(8-21)6-4-10/h3-6,8-9,17H,7H2,1-2H3,(H2,16,18,19). The van der Waals surface area contributed by atoms with E-state index >= 15 is 0 Å². The van der Waals surface area contributed by atoms with E-state index < -0.39 is 0 Å². The summed E-state index contributed by atoms with van der Waals surface area (Å²) < 4.78 is 5.00. The van der Waals surface area contributed by atoms with Gasteiger partial charge in [-0.25, -0.2) is 0 Å². The van der Waals surface area contributed by atoms with Gasteiger partial charge >= 0.3 is 6.01 Å². The van der Waals surface area contributed by atoms with Crippen molar-refractivity contribution in [3.05, 3.63) is 35.4 Å². The molecule has 8 nitrogen and oxygen atoms in total. The summed E-state index contributed by atoms with van der Waals surface area (Å²) in [6.45, 7) is 0.261. The second kappa shape index (κ2) is 7.21. The lowest BCUT2D eigenvalue weighted by atomic mass is 10.1. The van der Waals surface area contributed by atoms with Crippen LogP contribution in [0.25, 0.3) is 0 Å². The number of nitrogens with zero attached hydrogens (tertiary/aromatic N) is 3. The Morgan fingerprint density at radius 1 is 1.26 bits per heavy atom. The minimum atomic E-state index is 0.0691. The van der Waals surface area contributed by atoms with Crippen LogP contribution in [0.2, 0.25) is 0 Å². The van der Waals surface area contributed by atoms with Crippen LogP contribution in [0.1, 0.15) is 15.9 Å². The maximum absolute atomic E-state index is 11.5. The maximum Gasteiger partial charge on any atom is 0.320 e. The molecule has 23 heavy (non-hydrogen) atoms. The Balaban J connectivity index is 2.37. The molecule has 0 fully saturated rings.